The summed E-state index contributed by atoms with van der Waals surface area (Å²) < 4.78 is 0. The van der Waals surface area contributed by atoms with Crippen LogP contribution in [0.25, 0.3) is 11.1 Å². The first-order chi connectivity index (χ1) is 9.72. The van der Waals surface area contributed by atoms with Crippen LogP contribution in [0, 0.1) is 0 Å². The second-order valence-electron chi connectivity index (χ2n) is 5.00. The van der Waals surface area contributed by atoms with Gasteiger partial charge in [-0.15, -0.1) is 0 Å². The maximum absolute atomic E-state index is 9.51. The highest BCUT2D eigenvalue weighted by molar-refractivity contribution is 6.30. The number of piperidine rings is 1. The van der Waals surface area contributed by atoms with Crippen molar-refractivity contribution < 1.29 is 5.11 Å². The Morgan fingerprint density at radius 1 is 1.00 bits per heavy atom. The molecule has 1 fully saturated rings. The van der Waals surface area contributed by atoms with E-state index in [9.17, 15) is 5.11 Å². The summed E-state index contributed by atoms with van der Waals surface area (Å²) in [5, 5.41) is 10.2. The van der Waals surface area contributed by atoms with Gasteiger partial charge in [0.15, 0.2) is 0 Å². The normalized spacial score (nSPS) is 16.4. The van der Waals surface area contributed by atoms with E-state index in [1.54, 1.807) is 0 Å². The maximum atomic E-state index is 9.51. The molecule has 1 aromatic heterocycles. The average molecular weight is 290 g/mol. The Bertz CT molecular complexity index is 563. The van der Waals surface area contributed by atoms with Crippen LogP contribution < -0.4 is 4.90 Å². The molecule has 0 unspecified atom stereocenters. The summed E-state index contributed by atoms with van der Waals surface area (Å²) in [6.45, 7) is 1.61. The number of hydrogen-bond acceptors (Lipinski definition) is 4. The Labute approximate surface area is 123 Å². The Kier molecular flexibility index (Phi) is 3.85. The standard InChI is InChI=1S/C15H16ClN3O/c16-13-3-1-11(2-4-13)12-9-17-15(18-10-12)19-7-5-14(20)6-8-19/h1-4,9-10,14,20H,5-8H2. The number of halogens is 1. The summed E-state index contributed by atoms with van der Waals surface area (Å²) >= 11 is 5.88. The van der Waals surface area contributed by atoms with E-state index in [0.29, 0.717) is 0 Å². The molecule has 0 amide bonds. The summed E-state index contributed by atoms with van der Waals surface area (Å²) in [6.07, 6.45) is 5.04. The molecule has 4 nitrogen and oxygen atoms in total. The van der Waals surface area contributed by atoms with Crippen molar-refractivity contribution >= 4 is 17.5 Å². The zero-order valence-electron chi connectivity index (χ0n) is 11.0. The van der Waals surface area contributed by atoms with E-state index in [1.165, 1.54) is 0 Å². The summed E-state index contributed by atoms with van der Waals surface area (Å²) in [6, 6.07) is 7.63. The molecular formula is C15H16ClN3O. The van der Waals surface area contributed by atoms with E-state index in [0.717, 1.165) is 48.0 Å². The Morgan fingerprint density at radius 3 is 2.20 bits per heavy atom. The fourth-order valence-electron chi connectivity index (χ4n) is 2.34. The third kappa shape index (κ3) is 2.92. The van der Waals surface area contributed by atoms with Gasteiger partial charge in [-0.3, -0.25) is 0 Å². The smallest absolute Gasteiger partial charge is 0.225 e. The largest absolute Gasteiger partial charge is 0.393 e. The molecule has 104 valence electrons. The number of rotatable bonds is 2. The monoisotopic (exact) mass is 289 g/mol. The second-order valence-corrected chi connectivity index (χ2v) is 5.43. The first kappa shape index (κ1) is 13.3. The van der Waals surface area contributed by atoms with Crippen LogP contribution in [0.5, 0.6) is 0 Å². The van der Waals surface area contributed by atoms with E-state index >= 15 is 0 Å². The quantitative estimate of drug-likeness (QED) is 0.923. The molecule has 3 rings (SSSR count). The highest BCUT2D eigenvalue weighted by atomic mass is 35.5. The van der Waals surface area contributed by atoms with E-state index in [2.05, 4.69) is 14.9 Å². The van der Waals surface area contributed by atoms with Crippen LogP contribution in [0.4, 0.5) is 5.95 Å². The summed E-state index contributed by atoms with van der Waals surface area (Å²) in [4.78, 5) is 11.0. The lowest BCUT2D eigenvalue weighted by atomic mass is 10.1. The molecule has 20 heavy (non-hydrogen) atoms. The highest BCUT2D eigenvalue weighted by Crippen LogP contribution is 2.22. The van der Waals surface area contributed by atoms with Gasteiger partial charge in [-0.2, -0.15) is 0 Å². The number of hydrogen-bond donors (Lipinski definition) is 1. The molecular weight excluding hydrogens is 274 g/mol. The first-order valence-corrected chi connectivity index (χ1v) is 7.11. The van der Waals surface area contributed by atoms with Crippen molar-refractivity contribution in [2.24, 2.45) is 0 Å². The van der Waals surface area contributed by atoms with Gasteiger partial charge in [0.25, 0.3) is 0 Å². The zero-order chi connectivity index (χ0) is 13.9. The van der Waals surface area contributed by atoms with Crippen LogP contribution in [0.2, 0.25) is 5.02 Å². The molecule has 0 bridgehead atoms. The second kappa shape index (κ2) is 5.77. The lowest BCUT2D eigenvalue weighted by Gasteiger charge is -2.29. The van der Waals surface area contributed by atoms with Crippen molar-refractivity contribution in [1.82, 2.24) is 9.97 Å². The lowest BCUT2D eigenvalue weighted by Crippen LogP contribution is -2.36. The number of anilines is 1. The summed E-state index contributed by atoms with van der Waals surface area (Å²) in [5.74, 6) is 0.731. The van der Waals surface area contributed by atoms with Crippen molar-refractivity contribution in [3.8, 4) is 11.1 Å². The predicted molar refractivity (Wildman–Crippen MR) is 79.9 cm³/mol. The fourth-order valence-corrected chi connectivity index (χ4v) is 2.47. The van der Waals surface area contributed by atoms with Gasteiger partial charge in [0.2, 0.25) is 5.95 Å². The average Bonchev–Trinajstić information content (AvgIpc) is 2.49. The SMILES string of the molecule is OC1CCN(c2ncc(-c3ccc(Cl)cc3)cn2)CC1. The molecule has 5 heteroatoms. The third-order valence-electron chi connectivity index (χ3n) is 3.56. The molecule has 1 saturated heterocycles. The minimum absolute atomic E-state index is 0.181. The number of aromatic nitrogens is 2. The van der Waals surface area contributed by atoms with E-state index in [-0.39, 0.29) is 6.10 Å². The Morgan fingerprint density at radius 2 is 1.60 bits per heavy atom. The molecule has 0 aliphatic carbocycles. The van der Waals surface area contributed by atoms with Crippen LogP contribution in [-0.4, -0.2) is 34.3 Å². The maximum Gasteiger partial charge on any atom is 0.225 e. The van der Waals surface area contributed by atoms with Gasteiger partial charge in [0.1, 0.15) is 0 Å². The molecule has 2 heterocycles. The van der Waals surface area contributed by atoms with Crippen LogP contribution in [-0.2, 0) is 0 Å². The number of aliphatic hydroxyl groups is 1. The van der Waals surface area contributed by atoms with Gasteiger partial charge in [0, 0.05) is 36.1 Å². The van der Waals surface area contributed by atoms with Gasteiger partial charge in [-0.1, -0.05) is 23.7 Å². The zero-order valence-corrected chi connectivity index (χ0v) is 11.8. The molecule has 0 radical (unpaired) electrons. The van der Waals surface area contributed by atoms with E-state index < -0.39 is 0 Å². The van der Waals surface area contributed by atoms with Gasteiger partial charge >= 0.3 is 0 Å². The van der Waals surface area contributed by atoms with Crippen molar-refractivity contribution in [3.05, 3.63) is 41.7 Å². The van der Waals surface area contributed by atoms with Gasteiger partial charge in [0.05, 0.1) is 6.10 Å². The predicted octanol–water partition coefficient (Wildman–Crippen LogP) is 2.76. The Balaban J connectivity index is 1.76. The number of benzene rings is 1. The van der Waals surface area contributed by atoms with Crippen LogP contribution >= 0.6 is 11.6 Å². The van der Waals surface area contributed by atoms with Crippen LogP contribution in [0.1, 0.15) is 12.8 Å². The molecule has 2 aromatic rings. The summed E-state index contributed by atoms with van der Waals surface area (Å²) in [5.41, 5.74) is 2.03. The van der Waals surface area contributed by atoms with Gasteiger partial charge in [-0.25, -0.2) is 9.97 Å². The molecule has 1 aromatic carbocycles. The highest BCUT2D eigenvalue weighted by Gasteiger charge is 2.18. The minimum atomic E-state index is -0.181. The molecule has 0 saturated carbocycles. The topological polar surface area (TPSA) is 49.2 Å². The lowest BCUT2D eigenvalue weighted by molar-refractivity contribution is 0.145. The molecule has 1 N–H and O–H groups in total. The van der Waals surface area contributed by atoms with Crippen LogP contribution in [0.15, 0.2) is 36.7 Å². The van der Waals surface area contributed by atoms with Crippen molar-refractivity contribution in [2.75, 3.05) is 18.0 Å². The van der Waals surface area contributed by atoms with E-state index in [1.807, 2.05) is 36.7 Å². The van der Waals surface area contributed by atoms with Crippen molar-refractivity contribution in [1.29, 1.82) is 0 Å². The molecule has 1 aliphatic heterocycles. The first-order valence-electron chi connectivity index (χ1n) is 6.73. The summed E-state index contributed by atoms with van der Waals surface area (Å²) in [7, 11) is 0. The minimum Gasteiger partial charge on any atom is -0.393 e. The number of aliphatic hydroxyl groups excluding tert-OH is 1. The molecule has 0 atom stereocenters. The Hall–Kier alpha value is -1.65. The number of nitrogens with zero attached hydrogens (tertiary/aromatic N) is 3. The van der Waals surface area contributed by atoms with Gasteiger partial charge in [-0.05, 0) is 30.5 Å². The molecule has 1 aliphatic rings. The van der Waals surface area contributed by atoms with Crippen LogP contribution in [0.3, 0.4) is 0 Å². The van der Waals surface area contributed by atoms with E-state index in [4.69, 9.17) is 11.6 Å². The van der Waals surface area contributed by atoms with Gasteiger partial charge < -0.3 is 10.0 Å². The van der Waals surface area contributed by atoms with Crippen molar-refractivity contribution in [2.45, 2.75) is 18.9 Å². The fraction of sp³-hybridized carbons (Fsp3) is 0.333. The molecule has 0 spiro atoms. The third-order valence-corrected chi connectivity index (χ3v) is 3.82. The van der Waals surface area contributed by atoms with Crippen molar-refractivity contribution in [3.63, 3.8) is 0 Å².